The number of hydrogen-bond donors (Lipinski definition) is 2. The van der Waals surface area contributed by atoms with Crippen molar-refractivity contribution in [2.24, 2.45) is 0 Å². The van der Waals surface area contributed by atoms with Gasteiger partial charge in [0.2, 0.25) is 0 Å². The van der Waals surface area contributed by atoms with Crippen molar-refractivity contribution < 1.29 is 5.11 Å². The van der Waals surface area contributed by atoms with Crippen molar-refractivity contribution in [1.82, 2.24) is 19.7 Å². The molecular formula is C21H27N5OS. The number of thiophene rings is 1. The van der Waals surface area contributed by atoms with Gasteiger partial charge in [-0.1, -0.05) is 12.8 Å². The second-order valence-electron chi connectivity index (χ2n) is 8.22. The average molecular weight is 398 g/mol. The van der Waals surface area contributed by atoms with Crippen molar-refractivity contribution >= 4 is 27.4 Å². The van der Waals surface area contributed by atoms with Gasteiger partial charge >= 0.3 is 0 Å². The van der Waals surface area contributed by atoms with Gasteiger partial charge in [-0.25, -0.2) is 9.97 Å². The van der Waals surface area contributed by atoms with Gasteiger partial charge in [0.05, 0.1) is 28.6 Å². The minimum atomic E-state index is -0.142. The first-order valence-electron chi connectivity index (χ1n) is 10.5. The first-order chi connectivity index (χ1) is 13.7. The van der Waals surface area contributed by atoms with Crippen LogP contribution in [-0.4, -0.2) is 37.0 Å². The largest absolute Gasteiger partial charge is 0.393 e. The number of aliphatic hydroxyl groups is 1. The van der Waals surface area contributed by atoms with Crippen molar-refractivity contribution in [1.29, 1.82) is 0 Å². The van der Waals surface area contributed by atoms with Crippen molar-refractivity contribution in [3.05, 3.63) is 35.2 Å². The third-order valence-corrected chi connectivity index (χ3v) is 7.01. The molecule has 2 fully saturated rings. The van der Waals surface area contributed by atoms with Gasteiger partial charge in [-0.2, -0.15) is 5.10 Å². The van der Waals surface area contributed by atoms with E-state index >= 15 is 0 Å². The smallest absolute Gasteiger partial charge is 0.148 e. The summed E-state index contributed by atoms with van der Waals surface area (Å²) in [5.41, 5.74) is 2.18. The van der Waals surface area contributed by atoms with Crippen LogP contribution >= 0.6 is 11.3 Å². The molecule has 3 aromatic heterocycles. The minimum Gasteiger partial charge on any atom is -0.393 e. The lowest BCUT2D eigenvalue weighted by atomic mass is 9.93. The van der Waals surface area contributed by atoms with Gasteiger partial charge in [0.1, 0.15) is 11.6 Å². The Kier molecular flexibility index (Phi) is 5.03. The molecule has 2 aliphatic rings. The van der Waals surface area contributed by atoms with Crippen LogP contribution < -0.4 is 5.32 Å². The van der Waals surface area contributed by atoms with Gasteiger partial charge < -0.3 is 10.4 Å². The normalized spacial score (nSPS) is 23.5. The van der Waals surface area contributed by atoms with E-state index in [-0.39, 0.29) is 6.10 Å². The zero-order valence-corrected chi connectivity index (χ0v) is 16.9. The molecule has 0 aliphatic heterocycles. The summed E-state index contributed by atoms with van der Waals surface area (Å²) >= 11 is 1.69. The Hall–Kier alpha value is -1.99. The maximum Gasteiger partial charge on any atom is 0.148 e. The number of hydrogen-bond acceptors (Lipinski definition) is 6. The Morgan fingerprint density at radius 2 is 1.93 bits per heavy atom. The van der Waals surface area contributed by atoms with Gasteiger partial charge in [0.15, 0.2) is 0 Å². The fraction of sp³-hybridized carbons (Fsp3) is 0.571. The van der Waals surface area contributed by atoms with E-state index in [0.717, 1.165) is 47.5 Å². The number of nitrogens with zero attached hydrogens (tertiary/aromatic N) is 4. The molecule has 6 nitrogen and oxygen atoms in total. The van der Waals surface area contributed by atoms with E-state index in [4.69, 9.17) is 9.97 Å². The molecule has 3 aromatic rings. The van der Waals surface area contributed by atoms with Crippen LogP contribution in [0.5, 0.6) is 0 Å². The van der Waals surface area contributed by atoms with E-state index in [1.165, 1.54) is 31.2 Å². The molecule has 2 aliphatic carbocycles. The van der Waals surface area contributed by atoms with Crippen LogP contribution in [0.25, 0.3) is 10.2 Å². The van der Waals surface area contributed by atoms with Crippen LogP contribution in [0.4, 0.5) is 5.82 Å². The fourth-order valence-electron chi connectivity index (χ4n) is 4.52. The van der Waals surface area contributed by atoms with Crippen molar-refractivity contribution in [3.63, 3.8) is 0 Å². The van der Waals surface area contributed by atoms with Crippen LogP contribution in [0, 0.1) is 0 Å². The average Bonchev–Trinajstić information content (AvgIpc) is 3.44. The lowest BCUT2D eigenvalue weighted by molar-refractivity contribution is 0.126. The van der Waals surface area contributed by atoms with Crippen LogP contribution in [0.15, 0.2) is 23.8 Å². The third-order valence-electron chi connectivity index (χ3n) is 6.10. The quantitative estimate of drug-likeness (QED) is 0.671. The zero-order chi connectivity index (χ0) is 18.9. The molecule has 2 N–H and O–H groups in total. The molecule has 3 heterocycles. The number of rotatable bonds is 5. The molecule has 0 amide bonds. The molecule has 28 heavy (non-hydrogen) atoms. The van der Waals surface area contributed by atoms with Gasteiger partial charge in [-0.15, -0.1) is 11.3 Å². The molecule has 0 spiro atoms. The molecule has 7 heteroatoms. The summed E-state index contributed by atoms with van der Waals surface area (Å²) in [5, 5.41) is 20.1. The molecule has 0 atom stereocenters. The van der Waals surface area contributed by atoms with Gasteiger partial charge in [0, 0.05) is 18.7 Å². The molecule has 0 aromatic carbocycles. The van der Waals surface area contributed by atoms with E-state index in [1.54, 1.807) is 11.3 Å². The Balaban J connectivity index is 1.36. The molecule has 148 valence electrons. The SMILES string of the molecule is OC1CCC(Nc2nc(Cc3cnn(C4CCCC4)c3)nc3ccsc23)CC1. The molecule has 0 bridgehead atoms. The highest BCUT2D eigenvalue weighted by Gasteiger charge is 2.21. The van der Waals surface area contributed by atoms with Crippen LogP contribution in [-0.2, 0) is 6.42 Å². The maximum absolute atomic E-state index is 9.76. The molecule has 2 saturated carbocycles. The Morgan fingerprint density at radius 1 is 1.11 bits per heavy atom. The fourth-order valence-corrected chi connectivity index (χ4v) is 5.31. The number of aliphatic hydroxyl groups excluding tert-OH is 1. The molecule has 5 rings (SSSR count). The highest BCUT2D eigenvalue weighted by molar-refractivity contribution is 7.17. The first-order valence-corrected chi connectivity index (χ1v) is 11.3. The summed E-state index contributed by atoms with van der Waals surface area (Å²) in [7, 11) is 0. The Labute approximate surface area is 169 Å². The maximum atomic E-state index is 9.76. The monoisotopic (exact) mass is 397 g/mol. The second kappa shape index (κ2) is 7.79. The number of anilines is 1. The summed E-state index contributed by atoms with van der Waals surface area (Å²) in [6.07, 6.45) is 13.5. The second-order valence-corrected chi connectivity index (χ2v) is 9.13. The zero-order valence-electron chi connectivity index (χ0n) is 16.0. The van der Waals surface area contributed by atoms with Crippen LogP contribution in [0.1, 0.15) is 68.8 Å². The number of aromatic nitrogens is 4. The first kappa shape index (κ1) is 18.1. The lowest BCUT2D eigenvalue weighted by Gasteiger charge is -2.26. The van der Waals surface area contributed by atoms with E-state index in [2.05, 4.69) is 32.7 Å². The standard InChI is InChI=1S/C21H27N5OS/c27-17-7-5-15(6-8-17)23-21-20-18(9-10-28-20)24-19(25-21)11-14-12-22-26(13-14)16-3-1-2-4-16/h9-10,12-13,15-17,27H,1-8,11H2,(H,23,24,25). The van der Waals surface area contributed by atoms with Crippen molar-refractivity contribution in [2.45, 2.75) is 76.0 Å². The summed E-state index contributed by atoms with van der Waals surface area (Å²) in [4.78, 5) is 9.66. The third kappa shape index (κ3) is 3.78. The van der Waals surface area contributed by atoms with E-state index in [1.807, 2.05) is 6.20 Å². The predicted molar refractivity (Wildman–Crippen MR) is 112 cm³/mol. The predicted octanol–water partition coefficient (Wildman–Crippen LogP) is 4.31. The highest BCUT2D eigenvalue weighted by atomic mass is 32.1. The van der Waals surface area contributed by atoms with Crippen LogP contribution in [0.3, 0.4) is 0 Å². The van der Waals surface area contributed by atoms with Gasteiger partial charge in [-0.05, 0) is 55.5 Å². The Bertz CT molecular complexity index is 937. The molecule has 0 radical (unpaired) electrons. The molecule has 0 saturated heterocycles. The molecule has 0 unspecified atom stereocenters. The minimum absolute atomic E-state index is 0.142. The summed E-state index contributed by atoms with van der Waals surface area (Å²) in [6.45, 7) is 0. The van der Waals surface area contributed by atoms with Gasteiger partial charge in [-0.3, -0.25) is 4.68 Å². The van der Waals surface area contributed by atoms with Crippen molar-refractivity contribution in [2.75, 3.05) is 5.32 Å². The van der Waals surface area contributed by atoms with E-state index in [9.17, 15) is 5.11 Å². The van der Waals surface area contributed by atoms with Crippen molar-refractivity contribution in [3.8, 4) is 0 Å². The van der Waals surface area contributed by atoms with E-state index in [0.29, 0.717) is 18.5 Å². The van der Waals surface area contributed by atoms with Crippen LogP contribution in [0.2, 0.25) is 0 Å². The summed E-state index contributed by atoms with van der Waals surface area (Å²) in [6, 6.07) is 3.01. The van der Waals surface area contributed by atoms with E-state index < -0.39 is 0 Å². The number of fused-ring (bicyclic) bond motifs is 1. The Morgan fingerprint density at radius 3 is 2.75 bits per heavy atom. The summed E-state index contributed by atoms with van der Waals surface area (Å²) in [5.74, 6) is 1.79. The lowest BCUT2D eigenvalue weighted by Crippen LogP contribution is -2.28. The summed E-state index contributed by atoms with van der Waals surface area (Å²) < 4.78 is 3.26. The van der Waals surface area contributed by atoms with Gasteiger partial charge in [0.25, 0.3) is 0 Å². The molecular weight excluding hydrogens is 370 g/mol. The highest BCUT2D eigenvalue weighted by Crippen LogP contribution is 2.31. The topological polar surface area (TPSA) is 75.9 Å². The number of nitrogens with one attached hydrogen (secondary N) is 1.